The second-order valence-electron chi connectivity index (χ2n) is 4.94. The summed E-state index contributed by atoms with van der Waals surface area (Å²) in [7, 11) is 0. The molecule has 1 N–H and O–H groups in total. The lowest BCUT2D eigenvalue weighted by Gasteiger charge is -2.07. The lowest BCUT2D eigenvalue weighted by atomic mass is 10.0. The van der Waals surface area contributed by atoms with Crippen LogP contribution in [0.15, 0.2) is 53.9 Å². The third-order valence-corrected chi connectivity index (χ3v) is 3.32. The van der Waals surface area contributed by atoms with E-state index < -0.39 is 5.82 Å². The van der Waals surface area contributed by atoms with E-state index in [1.165, 1.54) is 12.3 Å². The summed E-state index contributed by atoms with van der Waals surface area (Å²) < 4.78 is 13.0. The van der Waals surface area contributed by atoms with Crippen molar-refractivity contribution in [3.8, 4) is 0 Å². The zero-order valence-electron chi connectivity index (χ0n) is 11.7. The average molecular weight is 299 g/mol. The van der Waals surface area contributed by atoms with E-state index in [0.717, 1.165) is 11.8 Å². The summed E-state index contributed by atoms with van der Waals surface area (Å²) in [6, 6.07) is 10.9. The molecule has 22 heavy (non-hydrogen) atoms. The molecule has 0 bridgehead atoms. The number of oxime groups is 1. The van der Waals surface area contributed by atoms with Crippen molar-refractivity contribution in [2.24, 2.45) is 5.16 Å². The van der Waals surface area contributed by atoms with Crippen LogP contribution < -0.4 is 5.32 Å². The van der Waals surface area contributed by atoms with Crippen molar-refractivity contribution in [3.63, 3.8) is 0 Å². The molecular weight excluding hydrogens is 285 g/mol. The summed E-state index contributed by atoms with van der Waals surface area (Å²) in [5.74, 6) is -0.750. The maximum Gasteiger partial charge on any atom is 0.269 e. The first kappa shape index (κ1) is 14.2. The molecule has 0 radical (unpaired) electrons. The Morgan fingerprint density at radius 1 is 1.32 bits per heavy atom. The van der Waals surface area contributed by atoms with E-state index >= 15 is 0 Å². The third kappa shape index (κ3) is 3.28. The number of carbonyl (C=O) groups excluding carboxylic acids is 1. The van der Waals surface area contributed by atoms with Gasteiger partial charge in [0.1, 0.15) is 11.5 Å². The van der Waals surface area contributed by atoms with Gasteiger partial charge in [0.25, 0.3) is 5.91 Å². The Morgan fingerprint density at radius 3 is 2.91 bits per heavy atom. The van der Waals surface area contributed by atoms with E-state index in [9.17, 15) is 9.18 Å². The molecule has 1 aromatic heterocycles. The molecule has 1 aliphatic heterocycles. The number of halogens is 1. The first-order chi connectivity index (χ1) is 10.7. The molecule has 0 spiro atoms. The minimum Gasteiger partial charge on any atom is -0.387 e. The third-order valence-electron chi connectivity index (χ3n) is 3.32. The van der Waals surface area contributed by atoms with Gasteiger partial charge in [0, 0.05) is 19.2 Å². The van der Waals surface area contributed by atoms with E-state index in [4.69, 9.17) is 4.84 Å². The topological polar surface area (TPSA) is 63.6 Å². The Hall–Kier alpha value is -2.76. The fourth-order valence-corrected chi connectivity index (χ4v) is 2.19. The number of rotatable bonds is 4. The predicted molar refractivity (Wildman–Crippen MR) is 78.4 cm³/mol. The summed E-state index contributed by atoms with van der Waals surface area (Å²) in [6.45, 7) is 0.193. The zero-order chi connectivity index (χ0) is 15.4. The Balaban J connectivity index is 1.55. The van der Waals surface area contributed by atoms with Crippen LogP contribution in [0.25, 0.3) is 0 Å². The number of carbonyl (C=O) groups is 1. The first-order valence-corrected chi connectivity index (χ1v) is 6.87. The zero-order valence-corrected chi connectivity index (χ0v) is 11.7. The van der Waals surface area contributed by atoms with Crippen molar-refractivity contribution >= 4 is 11.6 Å². The molecule has 112 valence electrons. The summed E-state index contributed by atoms with van der Waals surface area (Å²) >= 11 is 0. The van der Waals surface area contributed by atoms with E-state index in [1.54, 1.807) is 0 Å². The van der Waals surface area contributed by atoms with E-state index in [2.05, 4.69) is 15.5 Å². The Bertz CT molecular complexity index is 704. The van der Waals surface area contributed by atoms with Crippen molar-refractivity contribution in [2.45, 2.75) is 19.1 Å². The summed E-state index contributed by atoms with van der Waals surface area (Å²) in [5, 5.41) is 6.52. The highest BCUT2D eigenvalue weighted by Crippen LogP contribution is 2.26. The number of benzene rings is 1. The van der Waals surface area contributed by atoms with Crippen molar-refractivity contribution in [1.29, 1.82) is 0 Å². The fourth-order valence-electron chi connectivity index (χ4n) is 2.19. The normalized spacial score (nSPS) is 16.8. The molecule has 1 aromatic carbocycles. The lowest BCUT2D eigenvalue weighted by molar-refractivity contribution is -0.115. The maximum atomic E-state index is 13.0. The number of hydrogen-bond donors (Lipinski definition) is 1. The molecule has 2 heterocycles. The van der Waals surface area contributed by atoms with Gasteiger partial charge in [0.05, 0.1) is 6.20 Å². The molecule has 0 saturated heterocycles. The van der Waals surface area contributed by atoms with Gasteiger partial charge in [-0.05, 0) is 17.2 Å². The van der Waals surface area contributed by atoms with Crippen molar-refractivity contribution in [3.05, 3.63) is 65.7 Å². The molecule has 0 saturated carbocycles. The van der Waals surface area contributed by atoms with Gasteiger partial charge in [-0.15, -0.1) is 0 Å². The summed E-state index contributed by atoms with van der Waals surface area (Å²) in [6.07, 6.45) is 2.79. The maximum absolute atomic E-state index is 13.0. The highest BCUT2D eigenvalue weighted by molar-refractivity contribution is 6.39. The predicted octanol–water partition coefficient (Wildman–Crippen LogP) is 2.35. The van der Waals surface area contributed by atoms with Gasteiger partial charge >= 0.3 is 0 Å². The quantitative estimate of drug-likeness (QED) is 0.942. The Morgan fingerprint density at radius 2 is 2.14 bits per heavy atom. The molecule has 0 aliphatic carbocycles. The van der Waals surface area contributed by atoms with Crippen LogP contribution in [0.3, 0.4) is 0 Å². The van der Waals surface area contributed by atoms with Crippen molar-refractivity contribution in [2.75, 3.05) is 0 Å². The van der Waals surface area contributed by atoms with Gasteiger partial charge in [-0.2, -0.15) is 0 Å². The van der Waals surface area contributed by atoms with Crippen LogP contribution in [0.2, 0.25) is 0 Å². The molecule has 2 aromatic rings. The number of hydrogen-bond acceptors (Lipinski definition) is 4. The summed E-state index contributed by atoms with van der Waals surface area (Å²) in [4.78, 5) is 21.1. The first-order valence-electron chi connectivity index (χ1n) is 6.87. The molecule has 1 unspecified atom stereocenters. The summed E-state index contributed by atoms with van der Waals surface area (Å²) in [5.41, 5.74) is 1.90. The average Bonchev–Trinajstić information content (AvgIpc) is 3.04. The largest absolute Gasteiger partial charge is 0.387 e. The highest BCUT2D eigenvalue weighted by atomic mass is 19.1. The number of nitrogens with one attached hydrogen (secondary N) is 1. The molecule has 1 aliphatic rings. The number of pyridine rings is 1. The van der Waals surface area contributed by atoms with E-state index in [1.807, 2.05) is 30.3 Å². The lowest BCUT2D eigenvalue weighted by Crippen LogP contribution is -2.30. The van der Waals surface area contributed by atoms with Gasteiger partial charge in [0.2, 0.25) is 0 Å². The number of nitrogens with zero attached hydrogens (tertiary/aromatic N) is 2. The molecule has 5 nitrogen and oxygen atoms in total. The van der Waals surface area contributed by atoms with Crippen molar-refractivity contribution < 1.29 is 14.0 Å². The smallest absolute Gasteiger partial charge is 0.269 e. The minimum absolute atomic E-state index is 0.193. The molecule has 0 fully saturated rings. The molecular formula is C16H14FN3O2. The van der Waals surface area contributed by atoms with Crippen LogP contribution in [0, 0.1) is 5.82 Å². The molecule has 6 heteroatoms. The van der Waals surface area contributed by atoms with Gasteiger partial charge in [-0.1, -0.05) is 35.5 Å². The SMILES string of the molecule is O=C(NCc1cncc(F)c1)C1=NOC(c2ccccc2)C1. The Kier molecular flexibility index (Phi) is 4.09. The Labute approximate surface area is 126 Å². The van der Waals surface area contributed by atoms with Gasteiger partial charge < -0.3 is 10.2 Å². The molecule has 3 rings (SSSR count). The van der Waals surface area contributed by atoms with Gasteiger partial charge in [-0.25, -0.2) is 4.39 Å². The van der Waals surface area contributed by atoms with Crippen LogP contribution in [0.1, 0.15) is 23.7 Å². The van der Waals surface area contributed by atoms with Gasteiger partial charge in [-0.3, -0.25) is 9.78 Å². The van der Waals surface area contributed by atoms with E-state index in [0.29, 0.717) is 17.7 Å². The van der Waals surface area contributed by atoms with Crippen LogP contribution in [-0.4, -0.2) is 16.6 Å². The van der Waals surface area contributed by atoms with Crippen LogP contribution in [0.5, 0.6) is 0 Å². The number of aromatic nitrogens is 1. The fraction of sp³-hybridized carbons (Fsp3) is 0.188. The standard InChI is InChI=1S/C16H14FN3O2/c17-13-6-11(8-18-10-13)9-19-16(21)14-7-15(22-20-14)12-4-2-1-3-5-12/h1-6,8,10,15H,7,9H2,(H,19,21). The van der Waals surface area contributed by atoms with Gasteiger partial charge in [0.15, 0.2) is 6.10 Å². The second kappa shape index (κ2) is 6.34. The van der Waals surface area contributed by atoms with Crippen LogP contribution in [0.4, 0.5) is 4.39 Å². The second-order valence-corrected chi connectivity index (χ2v) is 4.94. The monoisotopic (exact) mass is 299 g/mol. The van der Waals surface area contributed by atoms with Crippen LogP contribution in [-0.2, 0) is 16.2 Å². The highest BCUT2D eigenvalue weighted by Gasteiger charge is 2.27. The number of amides is 1. The molecule has 1 atom stereocenters. The van der Waals surface area contributed by atoms with Crippen LogP contribution >= 0.6 is 0 Å². The minimum atomic E-state index is -0.433. The molecule has 1 amide bonds. The van der Waals surface area contributed by atoms with E-state index in [-0.39, 0.29) is 18.6 Å². The van der Waals surface area contributed by atoms with Crippen molar-refractivity contribution in [1.82, 2.24) is 10.3 Å².